The fourth-order valence-electron chi connectivity index (χ4n) is 2.60. The Morgan fingerprint density at radius 2 is 1.81 bits per heavy atom. The van der Waals surface area contributed by atoms with Crippen molar-refractivity contribution in [3.63, 3.8) is 0 Å². The minimum Gasteiger partial charge on any atom is -0.356 e. The van der Waals surface area contributed by atoms with Gasteiger partial charge in [-0.3, -0.25) is 4.79 Å². The summed E-state index contributed by atoms with van der Waals surface area (Å²) in [5, 5.41) is 3.05. The van der Waals surface area contributed by atoms with Gasteiger partial charge in [-0.05, 0) is 42.7 Å². The molecule has 1 rings (SSSR count). The zero-order chi connectivity index (χ0) is 15.7. The van der Waals surface area contributed by atoms with Crippen molar-refractivity contribution in [1.29, 1.82) is 0 Å². The molecular formula is C18H30N2O. The highest BCUT2D eigenvalue weighted by Crippen LogP contribution is 2.20. The highest BCUT2D eigenvalue weighted by atomic mass is 16.1. The number of amides is 1. The van der Waals surface area contributed by atoms with Crippen LogP contribution in [0.2, 0.25) is 0 Å². The largest absolute Gasteiger partial charge is 0.356 e. The maximum absolute atomic E-state index is 12.0. The third kappa shape index (κ3) is 6.76. The third-order valence-electron chi connectivity index (χ3n) is 4.20. The Morgan fingerprint density at radius 1 is 1.14 bits per heavy atom. The van der Waals surface area contributed by atoms with Crippen molar-refractivity contribution in [2.75, 3.05) is 13.1 Å². The minimum atomic E-state index is 0.153. The molecule has 118 valence electrons. The van der Waals surface area contributed by atoms with Gasteiger partial charge >= 0.3 is 0 Å². The second-order valence-corrected chi connectivity index (χ2v) is 6.24. The quantitative estimate of drug-likeness (QED) is 0.733. The molecule has 2 atom stereocenters. The summed E-state index contributed by atoms with van der Waals surface area (Å²) >= 11 is 0. The average Bonchev–Trinajstić information content (AvgIpc) is 2.49. The average molecular weight is 290 g/mol. The highest BCUT2D eigenvalue weighted by molar-refractivity contribution is 5.75. The minimum absolute atomic E-state index is 0.153. The molecule has 3 N–H and O–H groups in total. The molecule has 2 unspecified atom stereocenters. The van der Waals surface area contributed by atoms with Crippen LogP contribution in [0.25, 0.3) is 0 Å². The maximum Gasteiger partial charge on any atom is 0.220 e. The van der Waals surface area contributed by atoms with Crippen LogP contribution in [-0.2, 0) is 4.79 Å². The van der Waals surface area contributed by atoms with Gasteiger partial charge in [0.1, 0.15) is 0 Å². The molecule has 3 nitrogen and oxygen atoms in total. The molecule has 0 aliphatic carbocycles. The van der Waals surface area contributed by atoms with Gasteiger partial charge in [-0.2, -0.15) is 0 Å². The summed E-state index contributed by atoms with van der Waals surface area (Å²) in [5.74, 6) is 1.64. The number of hydrogen-bond donors (Lipinski definition) is 2. The zero-order valence-electron chi connectivity index (χ0n) is 13.6. The van der Waals surface area contributed by atoms with E-state index in [4.69, 9.17) is 5.73 Å². The summed E-state index contributed by atoms with van der Waals surface area (Å²) in [6.07, 6.45) is 2.54. The molecule has 3 heteroatoms. The van der Waals surface area contributed by atoms with E-state index in [9.17, 15) is 4.79 Å². The summed E-state index contributed by atoms with van der Waals surface area (Å²) in [6, 6.07) is 10.3. The van der Waals surface area contributed by atoms with E-state index in [0.29, 0.717) is 37.3 Å². The second kappa shape index (κ2) is 9.56. The van der Waals surface area contributed by atoms with Gasteiger partial charge in [0.2, 0.25) is 5.91 Å². The van der Waals surface area contributed by atoms with Gasteiger partial charge in [-0.1, -0.05) is 51.1 Å². The van der Waals surface area contributed by atoms with Crippen molar-refractivity contribution in [2.45, 2.75) is 46.0 Å². The molecule has 0 saturated carbocycles. The Bertz CT molecular complexity index is 403. The maximum atomic E-state index is 12.0. The number of hydrogen-bond acceptors (Lipinski definition) is 2. The van der Waals surface area contributed by atoms with Crippen LogP contribution in [-0.4, -0.2) is 19.0 Å². The van der Waals surface area contributed by atoms with Gasteiger partial charge in [-0.25, -0.2) is 0 Å². The monoisotopic (exact) mass is 290 g/mol. The molecule has 0 saturated heterocycles. The summed E-state index contributed by atoms with van der Waals surface area (Å²) < 4.78 is 0. The second-order valence-electron chi connectivity index (χ2n) is 6.24. The van der Waals surface area contributed by atoms with Gasteiger partial charge in [-0.15, -0.1) is 0 Å². The molecule has 21 heavy (non-hydrogen) atoms. The van der Waals surface area contributed by atoms with Crippen molar-refractivity contribution in [3.8, 4) is 0 Å². The molecule has 1 aromatic carbocycles. The van der Waals surface area contributed by atoms with E-state index < -0.39 is 0 Å². The summed E-state index contributed by atoms with van der Waals surface area (Å²) in [5.41, 5.74) is 6.90. The van der Waals surface area contributed by atoms with Crippen molar-refractivity contribution in [3.05, 3.63) is 35.9 Å². The third-order valence-corrected chi connectivity index (χ3v) is 4.20. The number of carbonyl (C=O) groups is 1. The number of carbonyl (C=O) groups excluding carboxylic acids is 1. The fourth-order valence-corrected chi connectivity index (χ4v) is 2.60. The van der Waals surface area contributed by atoms with E-state index in [1.807, 2.05) is 18.2 Å². The molecule has 0 heterocycles. The van der Waals surface area contributed by atoms with E-state index in [2.05, 4.69) is 38.2 Å². The van der Waals surface area contributed by atoms with E-state index in [-0.39, 0.29) is 5.91 Å². The van der Waals surface area contributed by atoms with Gasteiger partial charge in [0.05, 0.1) is 0 Å². The molecule has 0 fully saturated rings. The number of nitrogens with one attached hydrogen (secondary N) is 1. The predicted octanol–water partition coefficient (Wildman–Crippen LogP) is 3.31. The van der Waals surface area contributed by atoms with Crippen LogP contribution in [0, 0.1) is 11.8 Å². The normalized spacial score (nSPS) is 14.0. The van der Waals surface area contributed by atoms with Crippen LogP contribution in [0.3, 0.4) is 0 Å². The number of nitrogens with two attached hydrogens (primary N) is 1. The van der Waals surface area contributed by atoms with Crippen LogP contribution in [0.4, 0.5) is 0 Å². The molecule has 1 aromatic rings. The summed E-state index contributed by atoms with van der Waals surface area (Å²) in [7, 11) is 0. The van der Waals surface area contributed by atoms with Crippen molar-refractivity contribution < 1.29 is 4.79 Å². The lowest BCUT2D eigenvalue weighted by molar-refractivity contribution is -0.121. The molecule has 0 bridgehead atoms. The van der Waals surface area contributed by atoms with Crippen LogP contribution in [0.15, 0.2) is 30.3 Å². The number of rotatable bonds is 9. The molecule has 1 amide bonds. The first-order valence-electron chi connectivity index (χ1n) is 8.06. The first-order valence-corrected chi connectivity index (χ1v) is 8.06. The molecule has 0 spiro atoms. The highest BCUT2D eigenvalue weighted by Gasteiger charge is 2.15. The molecular weight excluding hydrogens is 260 g/mol. The molecule has 0 aliphatic rings. The first kappa shape index (κ1) is 17.7. The fraction of sp³-hybridized carbons (Fsp3) is 0.611. The van der Waals surface area contributed by atoms with E-state index in [1.54, 1.807) is 0 Å². The Labute approximate surface area is 129 Å². The smallest absolute Gasteiger partial charge is 0.220 e. The van der Waals surface area contributed by atoms with E-state index >= 15 is 0 Å². The number of benzene rings is 1. The van der Waals surface area contributed by atoms with Crippen molar-refractivity contribution in [2.24, 2.45) is 17.6 Å². The van der Waals surface area contributed by atoms with Crippen LogP contribution in [0.1, 0.15) is 51.5 Å². The van der Waals surface area contributed by atoms with Gasteiger partial charge in [0.25, 0.3) is 0 Å². The molecule has 0 aromatic heterocycles. The Kier molecular flexibility index (Phi) is 8.06. The summed E-state index contributed by atoms with van der Waals surface area (Å²) in [4.78, 5) is 12.0. The molecule has 0 radical (unpaired) electrons. The van der Waals surface area contributed by atoms with Crippen LogP contribution < -0.4 is 11.1 Å². The van der Waals surface area contributed by atoms with Crippen molar-refractivity contribution >= 4 is 5.91 Å². The Morgan fingerprint density at radius 3 is 2.38 bits per heavy atom. The molecule has 0 aliphatic heterocycles. The predicted molar refractivity (Wildman–Crippen MR) is 89.1 cm³/mol. The van der Waals surface area contributed by atoms with Crippen LogP contribution in [0.5, 0.6) is 0 Å². The lowest BCUT2D eigenvalue weighted by Gasteiger charge is -2.20. The summed E-state index contributed by atoms with van der Waals surface area (Å²) in [6.45, 7) is 7.95. The van der Waals surface area contributed by atoms with E-state index in [0.717, 1.165) is 12.8 Å². The van der Waals surface area contributed by atoms with Gasteiger partial charge in [0, 0.05) is 13.0 Å². The lowest BCUT2D eigenvalue weighted by Crippen LogP contribution is -2.28. The SMILES string of the molecule is CC(CNC(=O)CCC(CCN)C(C)C)c1ccccc1. The zero-order valence-corrected chi connectivity index (χ0v) is 13.6. The van der Waals surface area contributed by atoms with Gasteiger partial charge < -0.3 is 11.1 Å². The first-order chi connectivity index (χ1) is 10.0. The van der Waals surface area contributed by atoms with Gasteiger partial charge in [0.15, 0.2) is 0 Å². The topological polar surface area (TPSA) is 55.1 Å². The van der Waals surface area contributed by atoms with Crippen molar-refractivity contribution in [1.82, 2.24) is 5.32 Å². The Balaban J connectivity index is 2.30. The standard InChI is InChI=1S/C18H30N2O/c1-14(2)16(11-12-19)9-10-18(21)20-13-15(3)17-7-5-4-6-8-17/h4-8,14-16H,9-13,19H2,1-3H3,(H,20,21). The lowest BCUT2D eigenvalue weighted by atomic mass is 9.88. The Hall–Kier alpha value is -1.35. The van der Waals surface area contributed by atoms with E-state index in [1.165, 1.54) is 5.56 Å². The van der Waals surface area contributed by atoms with Crippen LogP contribution >= 0.6 is 0 Å².